The van der Waals surface area contributed by atoms with Crippen molar-refractivity contribution >= 4 is 5.97 Å². The maximum Gasteiger partial charge on any atom is 0.306 e. The minimum Gasteiger partial charge on any atom is -0.457 e. The van der Waals surface area contributed by atoms with Crippen LogP contribution in [0.25, 0.3) is 0 Å². The molecule has 0 amide bonds. The SMILES string of the molecule is CCCCCCCC/C=C\CCCCCCCC(=O)OC(COCCCCCCCCCC/C=C\CCCCCCCCC)COC1OC(COC2OC(CO)C(O)C(O)C2O)C(O)C(O)C1O. The topological polar surface area (TPSA) is 214 Å². The number of hydrogen-bond acceptors (Lipinski definition) is 14. The number of unbranched alkanes of at least 4 members (excludes halogenated alkanes) is 26. The van der Waals surface area contributed by atoms with Crippen LogP contribution >= 0.6 is 0 Å². The number of rotatable bonds is 44. The first-order chi connectivity index (χ1) is 33.1. The van der Waals surface area contributed by atoms with Crippen molar-refractivity contribution in [2.45, 2.75) is 280 Å². The molecule has 0 aromatic carbocycles. The summed E-state index contributed by atoms with van der Waals surface area (Å²) in [5.74, 6) is -0.384. The molecule has 14 nitrogen and oxygen atoms in total. The van der Waals surface area contributed by atoms with Gasteiger partial charge in [0.25, 0.3) is 0 Å². The first-order valence-corrected chi connectivity index (χ1v) is 27.4. The summed E-state index contributed by atoms with van der Waals surface area (Å²) in [5.41, 5.74) is 0. The molecule has 14 heteroatoms. The Labute approximate surface area is 411 Å². The minimum absolute atomic E-state index is 0.0588. The molecule has 0 radical (unpaired) electrons. The summed E-state index contributed by atoms with van der Waals surface area (Å²) in [5, 5.41) is 72.2. The van der Waals surface area contributed by atoms with Crippen LogP contribution in [0.15, 0.2) is 24.3 Å². The molecule has 2 fully saturated rings. The molecule has 0 spiro atoms. The van der Waals surface area contributed by atoms with E-state index in [1.54, 1.807) is 0 Å². The fraction of sp³-hybridized carbons (Fsp3) is 0.907. The number of ether oxygens (including phenoxy) is 6. The number of hydrogen-bond donors (Lipinski definition) is 7. The van der Waals surface area contributed by atoms with Gasteiger partial charge < -0.3 is 64.2 Å². The zero-order valence-corrected chi connectivity index (χ0v) is 42.6. The highest BCUT2D eigenvalue weighted by Gasteiger charge is 2.47. The monoisotopic (exact) mass is 973 g/mol. The Morgan fingerprint density at radius 3 is 1.34 bits per heavy atom. The molecule has 68 heavy (non-hydrogen) atoms. The van der Waals surface area contributed by atoms with Crippen LogP contribution in [0.5, 0.6) is 0 Å². The molecule has 0 bridgehead atoms. The van der Waals surface area contributed by atoms with Gasteiger partial charge in [0, 0.05) is 13.0 Å². The second-order valence-corrected chi connectivity index (χ2v) is 19.4. The van der Waals surface area contributed by atoms with Crippen molar-refractivity contribution in [3.8, 4) is 0 Å². The molecule has 0 aliphatic carbocycles. The maximum absolute atomic E-state index is 13.0. The molecule has 2 heterocycles. The normalized spacial score (nSPS) is 26.0. The molecule has 0 aromatic rings. The molecule has 2 rings (SSSR count). The number of allylic oxidation sites excluding steroid dienone is 4. The van der Waals surface area contributed by atoms with Gasteiger partial charge in [-0.1, -0.05) is 167 Å². The fourth-order valence-electron chi connectivity index (χ4n) is 8.69. The first kappa shape index (κ1) is 62.6. The Morgan fingerprint density at radius 1 is 0.471 bits per heavy atom. The Bertz CT molecular complexity index is 1220. The van der Waals surface area contributed by atoms with Crippen LogP contribution in [0.3, 0.4) is 0 Å². The summed E-state index contributed by atoms with van der Waals surface area (Å²) < 4.78 is 34.3. The molecular weight excluding hydrogens is 873 g/mol. The van der Waals surface area contributed by atoms with E-state index in [0.29, 0.717) is 13.0 Å². The molecule has 2 saturated heterocycles. The summed E-state index contributed by atoms with van der Waals surface area (Å²) in [6, 6.07) is 0. The number of carbonyl (C=O) groups is 1. The van der Waals surface area contributed by atoms with Crippen molar-refractivity contribution < 1.29 is 69.0 Å². The lowest BCUT2D eigenvalue weighted by Crippen LogP contribution is -2.61. The predicted octanol–water partition coefficient (Wildman–Crippen LogP) is 8.80. The molecule has 2 aliphatic heterocycles. The van der Waals surface area contributed by atoms with E-state index in [4.69, 9.17) is 28.4 Å². The molecular formula is C54H100O14. The average Bonchev–Trinajstić information content (AvgIpc) is 3.33. The van der Waals surface area contributed by atoms with Crippen LogP contribution in [0.4, 0.5) is 0 Å². The van der Waals surface area contributed by atoms with E-state index >= 15 is 0 Å². The van der Waals surface area contributed by atoms with Gasteiger partial charge in [0.05, 0.1) is 26.4 Å². The Hall–Kier alpha value is -1.53. The van der Waals surface area contributed by atoms with Crippen molar-refractivity contribution in [1.29, 1.82) is 0 Å². The highest BCUT2D eigenvalue weighted by Crippen LogP contribution is 2.26. The zero-order valence-electron chi connectivity index (χ0n) is 42.6. The van der Waals surface area contributed by atoms with Gasteiger partial charge in [-0.3, -0.25) is 4.79 Å². The zero-order chi connectivity index (χ0) is 49.5. The van der Waals surface area contributed by atoms with E-state index in [9.17, 15) is 40.5 Å². The van der Waals surface area contributed by atoms with Crippen molar-refractivity contribution in [2.75, 3.05) is 33.0 Å². The lowest BCUT2D eigenvalue weighted by atomic mass is 9.98. The predicted molar refractivity (Wildman–Crippen MR) is 266 cm³/mol. The van der Waals surface area contributed by atoms with Crippen molar-refractivity contribution in [3.05, 3.63) is 24.3 Å². The smallest absolute Gasteiger partial charge is 0.306 e. The largest absolute Gasteiger partial charge is 0.457 e. The number of aliphatic hydroxyl groups excluding tert-OH is 7. The van der Waals surface area contributed by atoms with E-state index in [1.807, 2.05) is 0 Å². The Kier molecular flexibility index (Phi) is 38.7. The fourth-order valence-corrected chi connectivity index (χ4v) is 8.69. The summed E-state index contributed by atoms with van der Waals surface area (Å²) >= 11 is 0. The van der Waals surface area contributed by atoms with Gasteiger partial charge in [0.1, 0.15) is 54.9 Å². The van der Waals surface area contributed by atoms with E-state index < -0.39 is 80.7 Å². The standard InChI is InChI=1S/C54H100O14/c1-3-5-7-9-11-13-15-17-19-20-21-22-24-26-28-30-32-34-36-38-63-40-43(66-46(56)37-35-33-31-29-27-25-23-18-16-14-12-10-8-6-4-2)41-64-53-52(62)50(60)48(58)45(68-53)42-65-54-51(61)49(59)47(57)44(39-55)67-54/h18-20,23,43-45,47-55,57-62H,3-17,21-22,24-42H2,1-2H3/b20-19-,23-18-. The van der Waals surface area contributed by atoms with Gasteiger partial charge in [-0.15, -0.1) is 0 Å². The average molecular weight is 973 g/mol. The molecule has 0 saturated carbocycles. The lowest BCUT2D eigenvalue weighted by Gasteiger charge is -2.42. The summed E-state index contributed by atoms with van der Waals surface area (Å²) in [6.45, 7) is 3.69. The Balaban J connectivity index is 1.74. The van der Waals surface area contributed by atoms with E-state index in [1.165, 1.54) is 128 Å². The lowest BCUT2D eigenvalue weighted by molar-refractivity contribution is -0.332. The number of aliphatic hydroxyl groups is 7. The molecule has 2 aliphatic rings. The second-order valence-electron chi connectivity index (χ2n) is 19.4. The third-order valence-corrected chi connectivity index (χ3v) is 13.2. The first-order valence-electron chi connectivity index (χ1n) is 27.4. The molecule has 400 valence electrons. The van der Waals surface area contributed by atoms with Crippen LogP contribution in [0.2, 0.25) is 0 Å². The Morgan fingerprint density at radius 2 is 0.868 bits per heavy atom. The van der Waals surface area contributed by atoms with Gasteiger partial charge >= 0.3 is 5.97 Å². The summed E-state index contributed by atoms with van der Waals surface area (Å²) in [6.07, 6.45) is 29.5. The van der Waals surface area contributed by atoms with E-state index in [-0.39, 0.29) is 25.6 Å². The van der Waals surface area contributed by atoms with E-state index in [2.05, 4.69) is 38.2 Å². The van der Waals surface area contributed by atoms with Gasteiger partial charge in [0.2, 0.25) is 0 Å². The van der Waals surface area contributed by atoms with Gasteiger partial charge in [-0.05, 0) is 64.2 Å². The minimum atomic E-state index is -1.71. The third kappa shape index (κ3) is 29.1. The van der Waals surface area contributed by atoms with Crippen molar-refractivity contribution in [3.63, 3.8) is 0 Å². The highest BCUT2D eigenvalue weighted by molar-refractivity contribution is 5.69. The van der Waals surface area contributed by atoms with E-state index in [0.717, 1.165) is 57.8 Å². The molecule has 11 atom stereocenters. The quantitative estimate of drug-likeness (QED) is 0.0173. The van der Waals surface area contributed by atoms with Gasteiger partial charge in [-0.2, -0.15) is 0 Å². The molecule has 7 N–H and O–H groups in total. The van der Waals surface area contributed by atoms with Crippen LogP contribution in [0.1, 0.15) is 213 Å². The maximum atomic E-state index is 13.0. The van der Waals surface area contributed by atoms with Crippen molar-refractivity contribution in [2.24, 2.45) is 0 Å². The van der Waals surface area contributed by atoms with Gasteiger partial charge in [0.15, 0.2) is 12.6 Å². The third-order valence-electron chi connectivity index (χ3n) is 13.2. The van der Waals surface area contributed by atoms with Crippen LogP contribution in [-0.4, -0.2) is 142 Å². The number of esters is 1. The van der Waals surface area contributed by atoms with Crippen molar-refractivity contribution in [1.82, 2.24) is 0 Å². The van der Waals surface area contributed by atoms with Crippen LogP contribution in [0, 0.1) is 0 Å². The van der Waals surface area contributed by atoms with Gasteiger partial charge in [-0.25, -0.2) is 0 Å². The van der Waals surface area contributed by atoms with Crippen LogP contribution in [-0.2, 0) is 33.2 Å². The highest BCUT2D eigenvalue weighted by atomic mass is 16.7. The molecule has 11 unspecified atom stereocenters. The second kappa shape index (κ2) is 42.0. The summed E-state index contributed by atoms with van der Waals surface area (Å²) in [4.78, 5) is 13.0. The molecule has 0 aromatic heterocycles. The van der Waals surface area contributed by atoms with Crippen LogP contribution < -0.4 is 0 Å². The number of carbonyl (C=O) groups excluding carboxylic acids is 1. The summed E-state index contributed by atoms with van der Waals surface area (Å²) in [7, 11) is 0.